The van der Waals surface area contributed by atoms with Crippen LogP contribution in [0.5, 0.6) is 11.5 Å². The molecule has 3 rings (SSSR count). The van der Waals surface area contributed by atoms with Gasteiger partial charge >= 0.3 is 0 Å². The van der Waals surface area contributed by atoms with Crippen LogP contribution in [-0.4, -0.2) is 52.9 Å². The predicted octanol–water partition coefficient (Wildman–Crippen LogP) is 3.52. The number of methoxy groups -OCH3 is 2. The molecule has 0 heterocycles. The maximum atomic E-state index is 13.1. The molecule has 9 nitrogen and oxygen atoms in total. The first-order valence-electron chi connectivity index (χ1n) is 10.6. The average Bonchev–Trinajstić information content (AvgIpc) is 2.83. The van der Waals surface area contributed by atoms with Crippen molar-refractivity contribution in [2.75, 3.05) is 37.9 Å². The smallest absolute Gasteiger partial charge is 0.262 e. The molecule has 10 heteroatoms. The van der Waals surface area contributed by atoms with Gasteiger partial charge in [-0.2, -0.15) is 0 Å². The largest absolute Gasteiger partial charge is 0.497 e. The molecular formula is C25H27N3O6S. The number of ether oxygens (including phenoxy) is 2. The Bertz CT molecular complexity index is 1340. The third-order valence-electron chi connectivity index (χ3n) is 5.16. The zero-order valence-corrected chi connectivity index (χ0v) is 20.7. The molecule has 3 aromatic carbocycles. The maximum Gasteiger partial charge on any atom is 0.262 e. The number of hydrogen-bond acceptors (Lipinski definition) is 6. The van der Waals surface area contributed by atoms with E-state index in [4.69, 9.17) is 9.47 Å². The van der Waals surface area contributed by atoms with Gasteiger partial charge in [-0.25, -0.2) is 8.42 Å². The second-order valence-electron chi connectivity index (χ2n) is 7.73. The predicted molar refractivity (Wildman–Crippen MR) is 134 cm³/mol. The van der Waals surface area contributed by atoms with Gasteiger partial charge in [0.25, 0.3) is 15.9 Å². The monoisotopic (exact) mass is 497 g/mol. The molecule has 35 heavy (non-hydrogen) atoms. The molecule has 184 valence electrons. The van der Waals surface area contributed by atoms with Gasteiger partial charge in [0.2, 0.25) is 5.91 Å². The van der Waals surface area contributed by atoms with Crippen LogP contribution in [0.4, 0.5) is 11.4 Å². The van der Waals surface area contributed by atoms with Crippen molar-refractivity contribution in [2.45, 2.75) is 11.8 Å². The molecule has 0 fully saturated rings. The topological polar surface area (TPSA) is 114 Å². The molecule has 0 saturated carbocycles. The third-order valence-corrected chi connectivity index (χ3v) is 6.66. The maximum absolute atomic E-state index is 13.1. The van der Waals surface area contributed by atoms with Crippen molar-refractivity contribution in [2.24, 2.45) is 0 Å². The molecule has 0 aromatic heterocycles. The van der Waals surface area contributed by atoms with Crippen molar-refractivity contribution in [3.8, 4) is 11.5 Å². The Morgan fingerprint density at radius 3 is 2.40 bits per heavy atom. The molecule has 0 unspecified atom stereocenters. The molecule has 0 atom stereocenters. The fourth-order valence-corrected chi connectivity index (χ4v) is 4.70. The number of carbonyl (C=O) groups excluding carboxylic acids is 2. The lowest BCUT2D eigenvalue weighted by atomic mass is 10.1. The Morgan fingerprint density at radius 2 is 1.69 bits per heavy atom. The Hall–Kier alpha value is -4.05. The number of para-hydroxylation sites is 2. The lowest BCUT2D eigenvalue weighted by Gasteiger charge is -2.18. The summed E-state index contributed by atoms with van der Waals surface area (Å²) in [6.45, 7) is 1.40. The number of nitrogens with zero attached hydrogens (tertiary/aromatic N) is 1. The van der Waals surface area contributed by atoms with Gasteiger partial charge in [-0.05, 0) is 48.9 Å². The summed E-state index contributed by atoms with van der Waals surface area (Å²) < 4.78 is 39.1. The van der Waals surface area contributed by atoms with Gasteiger partial charge in [0.15, 0.2) is 0 Å². The molecule has 0 radical (unpaired) electrons. The van der Waals surface area contributed by atoms with Crippen LogP contribution < -0.4 is 19.5 Å². The fraction of sp³-hybridized carbons (Fsp3) is 0.200. The highest BCUT2D eigenvalue weighted by Crippen LogP contribution is 2.27. The molecule has 0 aliphatic heterocycles. The number of rotatable bonds is 9. The zero-order chi connectivity index (χ0) is 25.6. The normalized spacial score (nSPS) is 10.9. The molecule has 2 amide bonds. The number of hydrogen-bond donors (Lipinski definition) is 2. The number of sulfonamides is 1. The van der Waals surface area contributed by atoms with E-state index >= 15 is 0 Å². The summed E-state index contributed by atoms with van der Waals surface area (Å²) in [6.07, 6.45) is 0. The Morgan fingerprint density at radius 1 is 0.943 bits per heavy atom. The average molecular weight is 498 g/mol. The highest BCUT2D eigenvalue weighted by molar-refractivity contribution is 7.92. The van der Waals surface area contributed by atoms with Crippen LogP contribution in [0, 0.1) is 6.92 Å². The van der Waals surface area contributed by atoms with Crippen molar-refractivity contribution in [1.29, 1.82) is 0 Å². The Kier molecular flexibility index (Phi) is 7.98. The van der Waals surface area contributed by atoms with Crippen molar-refractivity contribution in [1.82, 2.24) is 4.90 Å². The van der Waals surface area contributed by atoms with Gasteiger partial charge in [-0.3, -0.25) is 14.3 Å². The summed E-state index contributed by atoms with van der Waals surface area (Å²) in [4.78, 5) is 26.6. The molecule has 0 aliphatic rings. The summed E-state index contributed by atoms with van der Waals surface area (Å²) in [6, 6.07) is 17.8. The van der Waals surface area contributed by atoms with Gasteiger partial charge in [-0.15, -0.1) is 0 Å². The van der Waals surface area contributed by atoms with Crippen LogP contribution in [-0.2, 0) is 14.8 Å². The SMILES string of the molecule is COc1cccc(NC(=O)CN(C)C(=O)c2ccc(C)c(S(=O)(=O)Nc3ccccc3OC)c2)c1. The molecule has 0 bridgehead atoms. The summed E-state index contributed by atoms with van der Waals surface area (Å²) in [5.41, 5.74) is 1.40. The zero-order valence-electron chi connectivity index (χ0n) is 19.9. The summed E-state index contributed by atoms with van der Waals surface area (Å²) >= 11 is 0. The van der Waals surface area contributed by atoms with Crippen LogP contribution in [0.2, 0.25) is 0 Å². The van der Waals surface area contributed by atoms with Crippen molar-refractivity contribution >= 4 is 33.2 Å². The van der Waals surface area contributed by atoms with E-state index in [1.54, 1.807) is 61.5 Å². The van der Waals surface area contributed by atoms with Crippen molar-refractivity contribution in [3.05, 3.63) is 77.9 Å². The van der Waals surface area contributed by atoms with E-state index in [1.807, 2.05) is 0 Å². The van der Waals surface area contributed by atoms with Crippen LogP contribution in [0.3, 0.4) is 0 Å². The summed E-state index contributed by atoms with van der Waals surface area (Å²) in [5.74, 6) is 0.0385. The molecule has 0 aliphatic carbocycles. The van der Waals surface area contributed by atoms with Crippen LogP contribution >= 0.6 is 0 Å². The van der Waals surface area contributed by atoms with Crippen LogP contribution in [0.1, 0.15) is 15.9 Å². The lowest BCUT2D eigenvalue weighted by molar-refractivity contribution is -0.116. The van der Waals surface area contributed by atoms with Gasteiger partial charge in [0.1, 0.15) is 11.5 Å². The minimum Gasteiger partial charge on any atom is -0.497 e. The first kappa shape index (κ1) is 25.6. The van der Waals surface area contributed by atoms with E-state index in [9.17, 15) is 18.0 Å². The second-order valence-corrected chi connectivity index (χ2v) is 9.38. The minimum atomic E-state index is -4.02. The van der Waals surface area contributed by atoms with E-state index in [-0.39, 0.29) is 22.7 Å². The minimum absolute atomic E-state index is 0.0523. The lowest BCUT2D eigenvalue weighted by Crippen LogP contribution is -2.35. The molecule has 0 saturated heterocycles. The van der Waals surface area contributed by atoms with E-state index in [0.29, 0.717) is 22.7 Å². The number of amides is 2. The Labute approximate surface area is 204 Å². The fourth-order valence-electron chi connectivity index (χ4n) is 3.36. The number of benzene rings is 3. The quantitative estimate of drug-likeness (QED) is 0.468. The standard InChI is InChI=1S/C25H27N3O6S/c1-17-12-13-18(14-23(17)35(31,32)27-21-10-5-6-11-22(21)34-4)25(30)28(2)16-24(29)26-19-8-7-9-20(15-19)33-3/h5-15,27H,16H2,1-4H3,(H,26,29). The van der Waals surface area contributed by atoms with E-state index in [2.05, 4.69) is 10.0 Å². The summed E-state index contributed by atoms with van der Waals surface area (Å²) in [5, 5.41) is 2.71. The number of likely N-dealkylation sites (N-methyl/N-ethyl adjacent to an activating group) is 1. The first-order chi connectivity index (χ1) is 16.6. The van der Waals surface area contributed by atoms with Crippen molar-refractivity contribution < 1.29 is 27.5 Å². The van der Waals surface area contributed by atoms with E-state index < -0.39 is 21.8 Å². The Balaban J connectivity index is 1.76. The van der Waals surface area contributed by atoms with Gasteiger partial charge < -0.3 is 19.7 Å². The summed E-state index contributed by atoms with van der Waals surface area (Å²) in [7, 11) is 0.412. The number of aryl methyl sites for hydroxylation is 1. The highest BCUT2D eigenvalue weighted by Gasteiger charge is 2.22. The second kappa shape index (κ2) is 10.9. The van der Waals surface area contributed by atoms with Gasteiger partial charge in [0, 0.05) is 24.4 Å². The molecule has 2 N–H and O–H groups in total. The molecule has 0 spiro atoms. The highest BCUT2D eigenvalue weighted by atomic mass is 32.2. The van der Waals surface area contributed by atoms with Gasteiger partial charge in [0.05, 0.1) is 31.3 Å². The molecule has 3 aromatic rings. The number of anilines is 2. The third kappa shape index (κ3) is 6.30. The number of carbonyl (C=O) groups is 2. The van der Waals surface area contributed by atoms with Gasteiger partial charge in [-0.1, -0.05) is 24.3 Å². The first-order valence-corrected chi connectivity index (χ1v) is 12.1. The van der Waals surface area contributed by atoms with Crippen LogP contribution in [0.15, 0.2) is 71.6 Å². The number of nitrogens with one attached hydrogen (secondary N) is 2. The van der Waals surface area contributed by atoms with Crippen molar-refractivity contribution in [3.63, 3.8) is 0 Å². The molecular weight excluding hydrogens is 470 g/mol. The van der Waals surface area contributed by atoms with E-state index in [1.165, 1.54) is 38.3 Å². The van der Waals surface area contributed by atoms with Crippen LogP contribution in [0.25, 0.3) is 0 Å². The van der Waals surface area contributed by atoms with E-state index in [0.717, 1.165) is 0 Å².